The fourth-order valence-electron chi connectivity index (χ4n) is 2.54. The van der Waals surface area contributed by atoms with E-state index >= 15 is 0 Å². The number of hydrogen-bond donors (Lipinski definition) is 3. The molecule has 100 valence electrons. The van der Waals surface area contributed by atoms with Crippen LogP contribution in [-0.4, -0.2) is 19.7 Å². The molecule has 0 saturated carbocycles. The van der Waals surface area contributed by atoms with Gasteiger partial charge in [0.2, 0.25) is 0 Å². The third-order valence-electron chi connectivity index (χ3n) is 3.57. The standard InChI is InChI=1S/C13H20FN3O/c1-8-10(5-6-15)13(17-16-8)9-3-4-12(18-2)11(14)7-9/h3-4,7-8,10,13,16-17H,5-6,15H2,1-2H3. The number of nitrogens with two attached hydrogens (primary N) is 1. The predicted molar refractivity (Wildman–Crippen MR) is 68.6 cm³/mol. The Bertz CT molecular complexity index is 413. The minimum atomic E-state index is -0.331. The highest BCUT2D eigenvalue weighted by Crippen LogP contribution is 2.32. The average molecular weight is 253 g/mol. The Morgan fingerprint density at radius 2 is 2.17 bits per heavy atom. The summed E-state index contributed by atoms with van der Waals surface area (Å²) in [5.41, 5.74) is 13.0. The molecule has 1 aliphatic rings. The second kappa shape index (κ2) is 5.65. The fourth-order valence-corrected chi connectivity index (χ4v) is 2.54. The van der Waals surface area contributed by atoms with Crippen LogP contribution in [0.25, 0.3) is 0 Å². The number of rotatable bonds is 4. The van der Waals surface area contributed by atoms with E-state index in [9.17, 15) is 4.39 Å². The van der Waals surface area contributed by atoms with E-state index in [2.05, 4.69) is 17.8 Å². The second-order valence-corrected chi connectivity index (χ2v) is 4.69. The highest BCUT2D eigenvalue weighted by Gasteiger charge is 2.33. The van der Waals surface area contributed by atoms with Crippen molar-refractivity contribution in [3.8, 4) is 5.75 Å². The molecule has 1 aromatic carbocycles. The first-order valence-electron chi connectivity index (χ1n) is 6.22. The third kappa shape index (κ3) is 2.48. The molecule has 18 heavy (non-hydrogen) atoms. The van der Waals surface area contributed by atoms with Gasteiger partial charge in [0.05, 0.1) is 13.2 Å². The minimum absolute atomic E-state index is 0.0870. The van der Waals surface area contributed by atoms with Crippen LogP contribution in [0.4, 0.5) is 4.39 Å². The van der Waals surface area contributed by atoms with Crippen molar-refractivity contribution in [2.45, 2.75) is 25.4 Å². The van der Waals surface area contributed by atoms with Gasteiger partial charge in [-0.1, -0.05) is 6.07 Å². The molecule has 1 saturated heterocycles. The Morgan fingerprint density at radius 3 is 2.78 bits per heavy atom. The molecule has 1 heterocycles. The molecule has 5 heteroatoms. The van der Waals surface area contributed by atoms with E-state index < -0.39 is 0 Å². The van der Waals surface area contributed by atoms with Crippen molar-refractivity contribution in [2.24, 2.45) is 11.7 Å². The lowest BCUT2D eigenvalue weighted by molar-refractivity contribution is 0.382. The van der Waals surface area contributed by atoms with Gasteiger partial charge in [-0.05, 0) is 43.5 Å². The van der Waals surface area contributed by atoms with Crippen molar-refractivity contribution in [2.75, 3.05) is 13.7 Å². The maximum Gasteiger partial charge on any atom is 0.165 e. The first kappa shape index (κ1) is 13.3. The van der Waals surface area contributed by atoms with Crippen molar-refractivity contribution >= 4 is 0 Å². The molecule has 1 aliphatic heterocycles. The average Bonchev–Trinajstić information content (AvgIpc) is 2.72. The summed E-state index contributed by atoms with van der Waals surface area (Å²) in [5, 5.41) is 0. The molecule has 0 aliphatic carbocycles. The van der Waals surface area contributed by atoms with Crippen LogP contribution in [0.15, 0.2) is 18.2 Å². The van der Waals surface area contributed by atoms with E-state index in [0.29, 0.717) is 18.5 Å². The number of hydrazine groups is 1. The molecule has 0 aromatic heterocycles. The Morgan fingerprint density at radius 1 is 1.39 bits per heavy atom. The molecule has 0 radical (unpaired) electrons. The Kier molecular flexibility index (Phi) is 4.16. The summed E-state index contributed by atoms with van der Waals surface area (Å²) in [6.07, 6.45) is 0.902. The lowest BCUT2D eigenvalue weighted by Gasteiger charge is -2.21. The van der Waals surface area contributed by atoms with Gasteiger partial charge in [-0.25, -0.2) is 9.82 Å². The van der Waals surface area contributed by atoms with Crippen molar-refractivity contribution < 1.29 is 9.13 Å². The summed E-state index contributed by atoms with van der Waals surface area (Å²) >= 11 is 0. The fraction of sp³-hybridized carbons (Fsp3) is 0.538. The Balaban J connectivity index is 2.22. The van der Waals surface area contributed by atoms with E-state index in [1.54, 1.807) is 6.07 Å². The van der Waals surface area contributed by atoms with Crippen LogP contribution in [-0.2, 0) is 0 Å². The van der Waals surface area contributed by atoms with Gasteiger partial charge < -0.3 is 10.5 Å². The topological polar surface area (TPSA) is 59.3 Å². The summed E-state index contributed by atoms with van der Waals surface area (Å²) in [5.74, 6) is 0.304. The largest absolute Gasteiger partial charge is 0.494 e. The zero-order valence-corrected chi connectivity index (χ0v) is 10.7. The lowest BCUT2D eigenvalue weighted by Crippen LogP contribution is -2.29. The van der Waals surface area contributed by atoms with Crippen LogP contribution >= 0.6 is 0 Å². The van der Waals surface area contributed by atoms with Gasteiger partial charge >= 0.3 is 0 Å². The minimum Gasteiger partial charge on any atom is -0.494 e. The van der Waals surface area contributed by atoms with Crippen molar-refractivity contribution in [1.82, 2.24) is 10.9 Å². The highest BCUT2D eigenvalue weighted by molar-refractivity contribution is 5.32. The van der Waals surface area contributed by atoms with Crippen LogP contribution in [0.1, 0.15) is 24.9 Å². The smallest absolute Gasteiger partial charge is 0.165 e. The van der Waals surface area contributed by atoms with Gasteiger partial charge in [0.15, 0.2) is 11.6 Å². The zero-order chi connectivity index (χ0) is 13.1. The Hall–Kier alpha value is -1.17. The lowest BCUT2D eigenvalue weighted by atomic mass is 9.87. The number of nitrogens with one attached hydrogen (secondary N) is 2. The van der Waals surface area contributed by atoms with E-state index in [1.165, 1.54) is 13.2 Å². The number of halogens is 1. The van der Waals surface area contributed by atoms with Crippen LogP contribution in [0.2, 0.25) is 0 Å². The molecule has 0 amide bonds. The number of methoxy groups -OCH3 is 1. The van der Waals surface area contributed by atoms with Gasteiger partial charge in [0, 0.05) is 6.04 Å². The molecule has 4 N–H and O–H groups in total. The SMILES string of the molecule is COc1ccc(C2NNC(C)C2CCN)cc1F. The molecule has 3 atom stereocenters. The van der Waals surface area contributed by atoms with Crippen LogP contribution in [0.5, 0.6) is 5.75 Å². The van der Waals surface area contributed by atoms with Gasteiger partial charge in [0.1, 0.15) is 0 Å². The summed E-state index contributed by atoms with van der Waals surface area (Å²) in [4.78, 5) is 0. The first-order chi connectivity index (χ1) is 8.67. The van der Waals surface area contributed by atoms with E-state index in [0.717, 1.165) is 12.0 Å². The molecule has 1 aromatic rings. The number of ether oxygens (including phenoxy) is 1. The highest BCUT2D eigenvalue weighted by atomic mass is 19.1. The molecular weight excluding hydrogens is 233 g/mol. The van der Waals surface area contributed by atoms with Gasteiger partial charge in [-0.2, -0.15) is 0 Å². The van der Waals surface area contributed by atoms with Crippen LogP contribution in [0, 0.1) is 11.7 Å². The summed E-state index contributed by atoms with van der Waals surface area (Å²) in [7, 11) is 1.47. The molecular formula is C13H20FN3O. The van der Waals surface area contributed by atoms with Gasteiger partial charge in [0.25, 0.3) is 0 Å². The molecule has 4 nitrogen and oxygen atoms in total. The second-order valence-electron chi connectivity index (χ2n) is 4.69. The number of benzene rings is 1. The summed E-state index contributed by atoms with van der Waals surface area (Å²) < 4.78 is 18.6. The normalized spacial score (nSPS) is 27.4. The molecule has 2 rings (SSSR count). The number of hydrogen-bond acceptors (Lipinski definition) is 4. The Labute approximate surface area is 107 Å². The van der Waals surface area contributed by atoms with Crippen molar-refractivity contribution in [3.05, 3.63) is 29.6 Å². The summed E-state index contributed by atoms with van der Waals surface area (Å²) in [6.45, 7) is 2.74. The van der Waals surface area contributed by atoms with Crippen molar-refractivity contribution in [3.63, 3.8) is 0 Å². The third-order valence-corrected chi connectivity index (χ3v) is 3.57. The monoisotopic (exact) mass is 253 g/mol. The maximum atomic E-state index is 13.7. The first-order valence-corrected chi connectivity index (χ1v) is 6.22. The predicted octanol–water partition coefficient (Wildman–Crippen LogP) is 1.34. The maximum absolute atomic E-state index is 13.7. The quantitative estimate of drug-likeness (QED) is 0.758. The van der Waals surface area contributed by atoms with Gasteiger partial charge in [-0.15, -0.1) is 0 Å². The van der Waals surface area contributed by atoms with Crippen molar-refractivity contribution in [1.29, 1.82) is 0 Å². The van der Waals surface area contributed by atoms with Crippen LogP contribution < -0.4 is 21.3 Å². The summed E-state index contributed by atoms with van der Waals surface area (Å²) in [6, 6.07) is 5.49. The van der Waals surface area contributed by atoms with Gasteiger partial charge in [-0.3, -0.25) is 5.43 Å². The molecule has 0 spiro atoms. The van der Waals surface area contributed by atoms with E-state index in [1.807, 2.05) is 6.07 Å². The van der Waals surface area contributed by atoms with E-state index in [-0.39, 0.29) is 17.6 Å². The molecule has 0 bridgehead atoms. The van der Waals surface area contributed by atoms with Crippen LogP contribution in [0.3, 0.4) is 0 Å². The molecule has 3 unspecified atom stereocenters. The molecule has 1 fully saturated rings. The zero-order valence-electron chi connectivity index (χ0n) is 10.7. The van der Waals surface area contributed by atoms with E-state index in [4.69, 9.17) is 10.5 Å².